The van der Waals surface area contributed by atoms with Gasteiger partial charge >= 0.3 is 0 Å². The fourth-order valence-corrected chi connectivity index (χ4v) is 2.26. The van der Waals surface area contributed by atoms with Crippen LogP contribution in [-0.2, 0) is 6.42 Å². The molecular formula is C14H20F2N2. The first-order valence-electron chi connectivity index (χ1n) is 6.42. The lowest BCUT2D eigenvalue weighted by Crippen LogP contribution is -2.48. The molecule has 1 aromatic carbocycles. The van der Waals surface area contributed by atoms with Crippen LogP contribution in [0.2, 0.25) is 0 Å². The number of nitrogens with zero attached hydrogens (tertiary/aromatic N) is 1. The van der Waals surface area contributed by atoms with Gasteiger partial charge in [-0.25, -0.2) is 8.78 Å². The zero-order valence-corrected chi connectivity index (χ0v) is 10.8. The monoisotopic (exact) mass is 254 g/mol. The highest BCUT2D eigenvalue weighted by molar-refractivity contribution is 5.22. The third-order valence-electron chi connectivity index (χ3n) is 3.25. The van der Waals surface area contributed by atoms with Gasteiger partial charge in [0.15, 0.2) is 0 Å². The Labute approximate surface area is 107 Å². The molecule has 4 heteroatoms. The Kier molecular flexibility index (Phi) is 4.30. The lowest BCUT2D eigenvalue weighted by molar-refractivity contribution is -0.0337. The average molecular weight is 254 g/mol. The molecule has 2 nitrogen and oxygen atoms in total. The molecule has 1 aliphatic heterocycles. The molecule has 0 amide bonds. The molecule has 0 unspecified atom stereocenters. The number of rotatable bonds is 4. The zero-order chi connectivity index (χ0) is 13.0. The number of hydrogen-bond donors (Lipinski definition) is 1. The molecule has 0 atom stereocenters. The van der Waals surface area contributed by atoms with E-state index in [-0.39, 0.29) is 13.0 Å². The van der Waals surface area contributed by atoms with Gasteiger partial charge in [0.25, 0.3) is 5.92 Å². The normalized spacial score (nSPS) is 17.9. The molecule has 18 heavy (non-hydrogen) atoms. The quantitative estimate of drug-likeness (QED) is 0.885. The summed E-state index contributed by atoms with van der Waals surface area (Å²) in [6.45, 7) is 4.86. The maximum atomic E-state index is 13.9. The van der Waals surface area contributed by atoms with Gasteiger partial charge in [0.2, 0.25) is 0 Å². The Morgan fingerprint density at radius 1 is 1.17 bits per heavy atom. The van der Waals surface area contributed by atoms with Crippen molar-refractivity contribution in [2.75, 3.05) is 32.7 Å². The number of nitrogens with one attached hydrogen (secondary N) is 1. The van der Waals surface area contributed by atoms with Gasteiger partial charge in [-0.3, -0.25) is 4.90 Å². The van der Waals surface area contributed by atoms with Crippen LogP contribution >= 0.6 is 0 Å². The maximum Gasteiger partial charge on any atom is 0.264 e. The standard InChI is InChI=1S/C14H20F2N2/c1-12-2-4-13(5-3-12)10-14(15,16)11-18-8-6-17-7-9-18/h2-5,17H,6-11H2,1H3. The van der Waals surface area contributed by atoms with Crippen molar-refractivity contribution in [1.29, 1.82) is 0 Å². The molecule has 1 fully saturated rings. The predicted molar refractivity (Wildman–Crippen MR) is 69.1 cm³/mol. The van der Waals surface area contributed by atoms with Crippen molar-refractivity contribution in [3.63, 3.8) is 0 Å². The van der Waals surface area contributed by atoms with E-state index >= 15 is 0 Å². The van der Waals surface area contributed by atoms with E-state index in [1.807, 2.05) is 24.0 Å². The van der Waals surface area contributed by atoms with Gasteiger partial charge in [0, 0.05) is 32.6 Å². The van der Waals surface area contributed by atoms with Crippen molar-refractivity contribution in [3.8, 4) is 0 Å². The van der Waals surface area contributed by atoms with Gasteiger partial charge in [-0.15, -0.1) is 0 Å². The summed E-state index contributed by atoms with van der Waals surface area (Å²) in [6, 6.07) is 7.36. The van der Waals surface area contributed by atoms with Crippen LogP contribution in [0.15, 0.2) is 24.3 Å². The van der Waals surface area contributed by atoms with E-state index in [1.54, 1.807) is 12.1 Å². The summed E-state index contributed by atoms with van der Waals surface area (Å²) in [5.74, 6) is -2.65. The summed E-state index contributed by atoms with van der Waals surface area (Å²) < 4.78 is 27.9. The third kappa shape index (κ3) is 4.03. The van der Waals surface area contributed by atoms with Gasteiger partial charge in [0.05, 0.1) is 6.54 Å². The van der Waals surface area contributed by atoms with Crippen LogP contribution in [0.25, 0.3) is 0 Å². The Morgan fingerprint density at radius 3 is 2.39 bits per heavy atom. The fourth-order valence-electron chi connectivity index (χ4n) is 2.26. The zero-order valence-electron chi connectivity index (χ0n) is 10.8. The summed E-state index contributed by atoms with van der Waals surface area (Å²) in [5.41, 5.74) is 1.81. The number of piperazine rings is 1. The van der Waals surface area contributed by atoms with E-state index in [0.29, 0.717) is 18.7 Å². The van der Waals surface area contributed by atoms with Crippen molar-refractivity contribution < 1.29 is 8.78 Å². The maximum absolute atomic E-state index is 13.9. The first-order chi connectivity index (χ1) is 8.55. The van der Waals surface area contributed by atoms with Crippen LogP contribution in [0.5, 0.6) is 0 Å². The summed E-state index contributed by atoms with van der Waals surface area (Å²) in [4.78, 5) is 1.84. The second kappa shape index (κ2) is 5.76. The Morgan fingerprint density at radius 2 is 1.78 bits per heavy atom. The molecule has 2 rings (SSSR count). The first kappa shape index (κ1) is 13.4. The van der Waals surface area contributed by atoms with Gasteiger partial charge in [-0.05, 0) is 12.5 Å². The molecule has 0 saturated carbocycles. The van der Waals surface area contributed by atoms with Gasteiger partial charge < -0.3 is 5.32 Å². The van der Waals surface area contributed by atoms with E-state index in [1.165, 1.54) is 0 Å². The van der Waals surface area contributed by atoms with Crippen molar-refractivity contribution >= 4 is 0 Å². The fraction of sp³-hybridized carbons (Fsp3) is 0.571. The van der Waals surface area contributed by atoms with Gasteiger partial charge in [-0.1, -0.05) is 29.8 Å². The highest BCUT2D eigenvalue weighted by Crippen LogP contribution is 2.22. The Balaban J connectivity index is 1.91. The minimum Gasteiger partial charge on any atom is -0.314 e. The number of aryl methyl sites for hydroxylation is 1. The molecular weight excluding hydrogens is 234 g/mol. The predicted octanol–water partition coefficient (Wildman–Crippen LogP) is 2.08. The smallest absolute Gasteiger partial charge is 0.264 e. The van der Waals surface area contributed by atoms with E-state index in [4.69, 9.17) is 0 Å². The minimum atomic E-state index is -2.65. The van der Waals surface area contributed by atoms with Crippen LogP contribution in [0.3, 0.4) is 0 Å². The molecule has 1 aromatic rings. The lowest BCUT2D eigenvalue weighted by atomic mass is 10.0. The molecule has 0 spiro atoms. The van der Waals surface area contributed by atoms with Crippen molar-refractivity contribution in [3.05, 3.63) is 35.4 Å². The van der Waals surface area contributed by atoms with Gasteiger partial charge in [0.1, 0.15) is 0 Å². The first-order valence-corrected chi connectivity index (χ1v) is 6.42. The van der Waals surface area contributed by atoms with Crippen LogP contribution < -0.4 is 5.32 Å². The number of benzene rings is 1. The van der Waals surface area contributed by atoms with Gasteiger partial charge in [-0.2, -0.15) is 0 Å². The molecule has 100 valence electrons. The number of hydrogen-bond acceptors (Lipinski definition) is 2. The van der Waals surface area contributed by atoms with Crippen LogP contribution in [0, 0.1) is 6.92 Å². The van der Waals surface area contributed by atoms with Crippen LogP contribution in [0.4, 0.5) is 8.78 Å². The minimum absolute atomic E-state index is 0.136. The Hall–Kier alpha value is -1.00. The molecule has 1 heterocycles. The molecule has 0 aliphatic carbocycles. The SMILES string of the molecule is Cc1ccc(CC(F)(F)CN2CCNCC2)cc1. The molecule has 0 bridgehead atoms. The Bertz CT molecular complexity index is 370. The van der Waals surface area contributed by atoms with Crippen LogP contribution in [0.1, 0.15) is 11.1 Å². The van der Waals surface area contributed by atoms with Crippen LogP contribution in [-0.4, -0.2) is 43.5 Å². The lowest BCUT2D eigenvalue weighted by Gasteiger charge is -2.30. The van der Waals surface area contributed by atoms with Crippen molar-refractivity contribution in [2.45, 2.75) is 19.3 Å². The highest BCUT2D eigenvalue weighted by Gasteiger charge is 2.32. The number of alkyl halides is 2. The molecule has 1 aliphatic rings. The average Bonchev–Trinajstić information content (AvgIpc) is 2.32. The number of halogens is 2. The summed E-state index contributed by atoms with van der Waals surface area (Å²) in [7, 11) is 0. The largest absolute Gasteiger partial charge is 0.314 e. The summed E-state index contributed by atoms with van der Waals surface area (Å²) in [5, 5.41) is 3.17. The van der Waals surface area contributed by atoms with Crippen molar-refractivity contribution in [2.24, 2.45) is 0 Å². The van der Waals surface area contributed by atoms with E-state index in [9.17, 15) is 8.78 Å². The summed E-state index contributed by atoms with van der Waals surface area (Å²) >= 11 is 0. The topological polar surface area (TPSA) is 15.3 Å². The second-order valence-corrected chi connectivity index (χ2v) is 5.04. The van der Waals surface area contributed by atoms with Crippen molar-refractivity contribution in [1.82, 2.24) is 10.2 Å². The molecule has 0 radical (unpaired) electrons. The second-order valence-electron chi connectivity index (χ2n) is 5.04. The molecule has 1 N–H and O–H groups in total. The van der Waals surface area contributed by atoms with E-state index < -0.39 is 5.92 Å². The molecule has 0 aromatic heterocycles. The third-order valence-corrected chi connectivity index (χ3v) is 3.25. The van der Waals surface area contributed by atoms with E-state index in [0.717, 1.165) is 18.7 Å². The van der Waals surface area contributed by atoms with E-state index in [2.05, 4.69) is 5.32 Å². The summed E-state index contributed by atoms with van der Waals surface area (Å²) in [6.07, 6.45) is -0.169. The highest BCUT2D eigenvalue weighted by atomic mass is 19.3. The molecule has 1 saturated heterocycles.